The van der Waals surface area contributed by atoms with Crippen LogP contribution in [0.3, 0.4) is 0 Å². The molecule has 75 heavy (non-hydrogen) atoms. The van der Waals surface area contributed by atoms with E-state index in [0.29, 0.717) is 19.3 Å². The van der Waals surface area contributed by atoms with Gasteiger partial charge in [0, 0.05) is 19.3 Å². The monoisotopic (exact) mass is 1040 g/mol. The van der Waals surface area contributed by atoms with Crippen LogP contribution in [-0.4, -0.2) is 37.2 Å². The number of hydrogen-bond donors (Lipinski definition) is 0. The lowest BCUT2D eigenvalue weighted by Crippen LogP contribution is -2.30. The van der Waals surface area contributed by atoms with Gasteiger partial charge >= 0.3 is 17.9 Å². The molecule has 0 radical (unpaired) electrons. The van der Waals surface area contributed by atoms with Crippen LogP contribution in [-0.2, 0) is 28.6 Å². The van der Waals surface area contributed by atoms with E-state index in [1.54, 1.807) is 0 Å². The summed E-state index contributed by atoms with van der Waals surface area (Å²) in [6, 6.07) is 0. The number of rotatable bonds is 55. The van der Waals surface area contributed by atoms with Crippen LogP contribution < -0.4 is 0 Å². The summed E-state index contributed by atoms with van der Waals surface area (Å²) < 4.78 is 16.9. The van der Waals surface area contributed by atoms with Crippen LogP contribution in [0.1, 0.15) is 278 Å². The Labute approximate surface area is 462 Å². The van der Waals surface area contributed by atoms with E-state index in [1.165, 1.54) is 89.9 Å². The minimum atomic E-state index is -0.802. The lowest BCUT2D eigenvalue weighted by atomic mass is 10.1. The van der Waals surface area contributed by atoms with E-state index in [9.17, 15) is 14.4 Å². The molecule has 0 saturated carbocycles. The molecule has 0 saturated heterocycles. The Morgan fingerprint density at radius 3 is 0.867 bits per heavy atom. The summed E-state index contributed by atoms with van der Waals surface area (Å²) >= 11 is 0. The number of esters is 3. The summed E-state index contributed by atoms with van der Waals surface area (Å²) in [7, 11) is 0. The van der Waals surface area contributed by atoms with Crippen molar-refractivity contribution in [3.8, 4) is 0 Å². The first kappa shape index (κ1) is 70.8. The SMILES string of the molecule is CC/C=C\C/C=C\C/C=C\C/C=C\C/C=C\C/C=C\CCCCCCC(=O)OCC(COC(=O)CCCCCCC/C=C\C/C=C\CCC)OC(=O)CCCCCCCCCCC/C=C\C/C=C\CCCCCCC. The topological polar surface area (TPSA) is 78.9 Å². The lowest BCUT2D eigenvalue weighted by molar-refractivity contribution is -0.167. The number of carbonyl (C=O) groups excluding carboxylic acids is 3. The zero-order valence-corrected chi connectivity index (χ0v) is 48.8. The molecule has 0 heterocycles. The summed E-state index contributed by atoms with van der Waals surface area (Å²) in [6.07, 6.45) is 86.2. The van der Waals surface area contributed by atoms with Crippen LogP contribution in [0.15, 0.2) is 122 Å². The minimum Gasteiger partial charge on any atom is -0.462 e. The quantitative estimate of drug-likeness (QED) is 0.0261. The Hall–Kier alpha value is -4.19. The van der Waals surface area contributed by atoms with E-state index < -0.39 is 6.10 Å². The van der Waals surface area contributed by atoms with Gasteiger partial charge in [0.15, 0.2) is 6.10 Å². The minimum absolute atomic E-state index is 0.0979. The zero-order valence-electron chi connectivity index (χ0n) is 48.8. The van der Waals surface area contributed by atoms with Gasteiger partial charge in [-0.1, -0.05) is 251 Å². The molecule has 0 amide bonds. The molecular formula is C69H114O6. The molecule has 0 aromatic heterocycles. The largest absolute Gasteiger partial charge is 0.462 e. The van der Waals surface area contributed by atoms with E-state index in [0.717, 1.165) is 148 Å². The van der Waals surface area contributed by atoms with E-state index in [-0.39, 0.29) is 31.1 Å². The fraction of sp³-hybridized carbons (Fsp3) is 0.667. The highest BCUT2D eigenvalue weighted by molar-refractivity contribution is 5.71. The Balaban J connectivity index is 4.43. The number of carbonyl (C=O) groups is 3. The van der Waals surface area contributed by atoms with Crippen LogP contribution in [0.25, 0.3) is 0 Å². The summed E-state index contributed by atoms with van der Waals surface area (Å²) in [4.78, 5) is 38.3. The van der Waals surface area contributed by atoms with Crippen LogP contribution in [0.2, 0.25) is 0 Å². The summed E-state index contributed by atoms with van der Waals surface area (Å²) in [5, 5.41) is 0. The van der Waals surface area contributed by atoms with Gasteiger partial charge in [0.2, 0.25) is 0 Å². The van der Waals surface area contributed by atoms with Gasteiger partial charge in [-0.3, -0.25) is 14.4 Å². The Morgan fingerprint density at radius 2 is 0.547 bits per heavy atom. The van der Waals surface area contributed by atoms with Gasteiger partial charge in [-0.25, -0.2) is 0 Å². The van der Waals surface area contributed by atoms with Gasteiger partial charge in [0.05, 0.1) is 0 Å². The summed E-state index contributed by atoms with van der Waals surface area (Å²) in [6.45, 7) is 6.42. The first-order valence-corrected chi connectivity index (χ1v) is 31.0. The van der Waals surface area contributed by atoms with Gasteiger partial charge in [-0.05, 0) is 128 Å². The standard InChI is InChI=1S/C69H114O6/c1-4-7-10-13-16-19-22-25-27-29-31-33-34-36-37-39-41-44-47-50-53-56-59-62-68(71)74-65-66(64-73-67(70)61-58-55-52-49-46-43-24-21-18-15-12-9-6-3)75-69(72)63-60-57-54-51-48-45-42-40-38-35-32-30-28-26-23-20-17-14-11-8-5-2/h7,10,12,15-16,19,21,23-27,30-33,36-37,41,44,66H,4-6,8-9,11,13-14,17-18,20,22,28-29,34-35,38-40,42-43,45-65H2,1-3H3/b10-7-,15-12-,19-16-,24-21-,26-23-,27-25-,32-30-,33-31-,37-36-,44-41-. The van der Waals surface area contributed by atoms with Crippen LogP contribution in [0.4, 0.5) is 0 Å². The van der Waals surface area contributed by atoms with Gasteiger partial charge in [0.25, 0.3) is 0 Å². The molecule has 0 rings (SSSR count). The first-order valence-electron chi connectivity index (χ1n) is 31.0. The van der Waals surface area contributed by atoms with Gasteiger partial charge in [0.1, 0.15) is 13.2 Å². The third-order valence-electron chi connectivity index (χ3n) is 12.9. The molecule has 0 aromatic rings. The molecule has 6 nitrogen and oxygen atoms in total. The second-order valence-corrected chi connectivity index (χ2v) is 20.2. The molecule has 0 aromatic carbocycles. The second-order valence-electron chi connectivity index (χ2n) is 20.2. The van der Waals surface area contributed by atoms with Crippen molar-refractivity contribution in [2.75, 3.05) is 13.2 Å². The van der Waals surface area contributed by atoms with Crippen molar-refractivity contribution in [1.29, 1.82) is 0 Å². The van der Waals surface area contributed by atoms with Crippen molar-refractivity contribution in [3.05, 3.63) is 122 Å². The van der Waals surface area contributed by atoms with Gasteiger partial charge < -0.3 is 14.2 Å². The first-order chi connectivity index (χ1) is 37.0. The highest BCUT2D eigenvalue weighted by Crippen LogP contribution is 2.15. The van der Waals surface area contributed by atoms with Gasteiger partial charge in [-0.15, -0.1) is 0 Å². The molecule has 0 spiro atoms. The number of ether oxygens (including phenoxy) is 3. The van der Waals surface area contributed by atoms with Crippen molar-refractivity contribution in [2.45, 2.75) is 284 Å². The second kappa shape index (κ2) is 62.4. The fourth-order valence-corrected chi connectivity index (χ4v) is 8.28. The molecule has 0 aliphatic carbocycles. The fourth-order valence-electron chi connectivity index (χ4n) is 8.28. The molecule has 1 unspecified atom stereocenters. The number of hydrogen-bond acceptors (Lipinski definition) is 6. The van der Waals surface area contributed by atoms with Crippen LogP contribution in [0.5, 0.6) is 0 Å². The molecule has 0 fully saturated rings. The maximum atomic E-state index is 12.9. The molecule has 0 aliphatic heterocycles. The van der Waals surface area contributed by atoms with Crippen molar-refractivity contribution < 1.29 is 28.6 Å². The highest BCUT2D eigenvalue weighted by Gasteiger charge is 2.19. The average Bonchev–Trinajstić information content (AvgIpc) is 3.41. The Bertz CT molecular complexity index is 1570. The van der Waals surface area contributed by atoms with Gasteiger partial charge in [-0.2, -0.15) is 0 Å². The third kappa shape index (κ3) is 60.6. The third-order valence-corrected chi connectivity index (χ3v) is 12.9. The van der Waals surface area contributed by atoms with Crippen molar-refractivity contribution >= 4 is 17.9 Å². The molecule has 0 N–H and O–H groups in total. The van der Waals surface area contributed by atoms with E-state index in [2.05, 4.69) is 142 Å². The molecule has 1 atom stereocenters. The van der Waals surface area contributed by atoms with Crippen LogP contribution >= 0.6 is 0 Å². The van der Waals surface area contributed by atoms with E-state index >= 15 is 0 Å². The molecule has 426 valence electrons. The zero-order chi connectivity index (χ0) is 54.3. The maximum Gasteiger partial charge on any atom is 0.306 e. The van der Waals surface area contributed by atoms with Crippen LogP contribution in [0, 0.1) is 0 Å². The van der Waals surface area contributed by atoms with Crippen molar-refractivity contribution in [3.63, 3.8) is 0 Å². The lowest BCUT2D eigenvalue weighted by Gasteiger charge is -2.18. The predicted octanol–water partition coefficient (Wildman–Crippen LogP) is 21.2. The Morgan fingerprint density at radius 1 is 0.280 bits per heavy atom. The number of allylic oxidation sites excluding steroid dienone is 20. The summed E-state index contributed by atoms with van der Waals surface area (Å²) in [5.41, 5.74) is 0. The highest BCUT2D eigenvalue weighted by atomic mass is 16.6. The van der Waals surface area contributed by atoms with Crippen molar-refractivity contribution in [2.24, 2.45) is 0 Å². The van der Waals surface area contributed by atoms with E-state index in [4.69, 9.17) is 14.2 Å². The molecule has 0 aliphatic rings. The smallest absolute Gasteiger partial charge is 0.306 e. The average molecular weight is 1040 g/mol. The normalized spacial score (nSPS) is 12.9. The predicted molar refractivity (Wildman–Crippen MR) is 325 cm³/mol. The maximum absolute atomic E-state index is 12.9. The number of unbranched alkanes of at least 4 members (excludes halogenated alkanes) is 24. The summed E-state index contributed by atoms with van der Waals surface area (Å²) in [5.74, 6) is -0.938. The van der Waals surface area contributed by atoms with E-state index in [1.807, 2.05) is 0 Å². The molecule has 6 heteroatoms. The Kier molecular flexibility index (Phi) is 58.9. The molecule has 0 bridgehead atoms. The molecular weight excluding hydrogens is 925 g/mol. The van der Waals surface area contributed by atoms with Crippen molar-refractivity contribution in [1.82, 2.24) is 0 Å².